The summed E-state index contributed by atoms with van der Waals surface area (Å²) in [6, 6.07) is 22.1. The molecule has 82 heavy (non-hydrogen) atoms. The Kier molecular flexibility index (Phi) is 38.9. The van der Waals surface area contributed by atoms with E-state index in [1.165, 1.54) is 66.5 Å². The van der Waals surface area contributed by atoms with Gasteiger partial charge in [0.2, 0.25) is 11.8 Å². The number of rotatable bonds is 17. The standard InChI is InChI=1S/C29H40F2N2O2.C24H29BrF2N2O2.C5H11I.2C3H9P.CH4.Pd/c1-20(34)33-26(16-22-14-24(30)17-25(31)15-22)27(35)19-32-29(11-6-5-7-12-29)23-10-8-9-21(13-23)18-28(2,3)4;1-16(30)29-22(12-17-10-20(26)14-21(27)11-17)23(31)15-28-24(8-3-2-4-9-24)18-6-5-7-19(25)13-18;1-5(2,3)4-6;2*1-4(2)3;;/h8-10,13-15,17,26-27,32,35H,5-7,11-12,16,18-19H2,1-4H3,(H,33,34);5-7,10-11,13-14,22-23,28,31H,2-4,8-9,12,15H2,1H3,(H,29,30);4H2,1-3H3;2*1-3H3;1H4;/t26-,27+;22-,23+;;;;;/m00...../s1. The second-order valence-electron chi connectivity index (χ2n) is 25.1. The number of carbonyl (C=O) groups is 2. The topological polar surface area (TPSA) is 123 Å². The van der Waals surface area contributed by atoms with E-state index in [-0.39, 0.29) is 82.1 Å². The van der Waals surface area contributed by atoms with Crippen LogP contribution >= 0.6 is 54.4 Å². The quantitative estimate of drug-likeness (QED) is 0.0206. The first-order valence-corrected chi connectivity index (χ1v) is 35.9. The Morgan fingerprint density at radius 2 is 0.902 bits per heavy atom. The Bertz CT molecular complexity index is 2400. The number of benzene rings is 4. The zero-order valence-electron chi connectivity index (χ0n) is 50.9. The summed E-state index contributed by atoms with van der Waals surface area (Å²) < 4.78 is 56.8. The van der Waals surface area contributed by atoms with E-state index in [2.05, 4.69) is 178 Å². The van der Waals surface area contributed by atoms with Crippen LogP contribution < -0.4 is 21.3 Å². The Balaban J connectivity index is 0.00000128. The molecule has 468 valence electrons. The van der Waals surface area contributed by atoms with Crippen molar-refractivity contribution in [3.05, 3.63) is 140 Å². The molecule has 2 aliphatic carbocycles. The molecule has 0 spiro atoms. The summed E-state index contributed by atoms with van der Waals surface area (Å²) in [5.74, 6) is -3.32. The fourth-order valence-corrected chi connectivity index (χ4v) is 10.2. The van der Waals surface area contributed by atoms with Crippen LogP contribution in [0.25, 0.3) is 0 Å². The van der Waals surface area contributed by atoms with Crippen molar-refractivity contribution in [2.24, 2.45) is 10.8 Å². The third kappa shape index (κ3) is 33.3. The number of amides is 2. The molecule has 2 fully saturated rings. The van der Waals surface area contributed by atoms with Crippen molar-refractivity contribution < 1.29 is 57.8 Å². The van der Waals surface area contributed by atoms with Crippen LogP contribution in [-0.2, 0) is 60.4 Å². The molecule has 0 bridgehead atoms. The summed E-state index contributed by atoms with van der Waals surface area (Å²) in [6.07, 6.45) is 9.98. The largest absolute Gasteiger partial charge is 0.390 e. The van der Waals surface area contributed by atoms with Crippen molar-refractivity contribution in [1.82, 2.24) is 21.3 Å². The van der Waals surface area contributed by atoms with E-state index in [0.29, 0.717) is 32.4 Å². The van der Waals surface area contributed by atoms with Gasteiger partial charge in [0.1, 0.15) is 23.3 Å². The number of aliphatic hydroxyl groups is 2. The van der Waals surface area contributed by atoms with E-state index in [4.69, 9.17) is 0 Å². The molecule has 2 aliphatic rings. The van der Waals surface area contributed by atoms with Crippen LogP contribution in [0.4, 0.5) is 17.6 Å². The molecule has 0 aromatic heterocycles. The fourth-order valence-electron chi connectivity index (χ4n) is 9.76. The fraction of sp³-hybridized carbons (Fsp3) is 0.600. The number of hydrogen-bond donors (Lipinski definition) is 6. The van der Waals surface area contributed by atoms with Gasteiger partial charge in [-0.25, -0.2) is 17.6 Å². The summed E-state index contributed by atoms with van der Waals surface area (Å²) in [7, 11) is 0.759. The first-order valence-electron chi connectivity index (χ1n) is 28.2. The van der Waals surface area contributed by atoms with Gasteiger partial charge in [0.15, 0.2) is 0 Å². The van der Waals surface area contributed by atoms with Gasteiger partial charge in [-0.2, -0.15) is 0 Å². The van der Waals surface area contributed by atoms with Gasteiger partial charge < -0.3 is 31.5 Å². The molecule has 2 saturated carbocycles. The average molecular weight is 1450 g/mol. The SMILES string of the molecule is C.CC(=O)N[C@@H](Cc1cc(F)cc(F)c1)[C@H](O)CNC1(c2cccc(Br)c2)CCCCC1.CC(=O)N[C@@H](Cc1cc(F)cc(F)c1)[C@H](O)CNC1(c2cccc(CC(C)(C)C)c2)CCCCC1.CC(C)(C)CI.CP(C)C.CP(C)C.[Pd]. The summed E-state index contributed by atoms with van der Waals surface area (Å²) >= 11 is 5.94. The summed E-state index contributed by atoms with van der Waals surface area (Å²) in [5.41, 5.74) is 4.67. The van der Waals surface area contributed by atoms with Crippen LogP contribution in [0.3, 0.4) is 0 Å². The first kappa shape index (κ1) is 80.1. The van der Waals surface area contributed by atoms with Gasteiger partial charge in [-0.15, -0.1) is 15.8 Å². The van der Waals surface area contributed by atoms with Gasteiger partial charge in [0, 0.05) is 79.5 Å². The summed E-state index contributed by atoms with van der Waals surface area (Å²) in [6.45, 7) is 30.0. The Morgan fingerprint density at radius 3 is 1.21 bits per heavy atom. The number of halogens is 6. The second-order valence-corrected chi connectivity index (χ2v) is 32.1. The third-order valence-corrected chi connectivity index (χ3v) is 15.9. The minimum Gasteiger partial charge on any atom is -0.390 e. The minimum atomic E-state index is -0.929. The Labute approximate surface area is 531 Å². The van der Waals surface area contributed by atoms with E-state index in [9.17, 15) is 37.4 Å². The molecule has 6 rings (SSSR count). The molecule has 8 nitrogen and oxygen atoms in total. The van der Waals surface area contributed by atoms with Crippen LogP contribution in [0.2, 0.25) is 0 Å². The van der Waals surface area contributed by atoms with E-state index in [1.807, 2.05) is 12.1 Å². The molecular formula is C65H102BrF4IN4O4P2Pd. The molecule has 0 saturated heterocycles. The minimum absolute atomic E-state index is 0. The Morgan fingerprint density at radius 1 is 0.573 bits per heavy atom. The predicted molar refractivity (Wildman–Crippen MR) is 351 cm³/mol. The van der Waals surface area contributed by atoms with Crippen LogP contribution in [-0.4, -0.2) is 104 Å². The zero-order chi connectivity index (χ0) is 60.4. The van der Waals surface area contributed by atoms with Crippen molar-refractivity contribution in [2.45, 2.75) is 182 Å². The molecule has 17 heteroatoms. The van der Waals surface area contributed by atoms with Gasteiger partial charge in [-0.3, -0.25) is 9.59 Å². The van der Waals surface area contributed by atoms with Crippen molar-refractivity contribution >= 4 is 66.2 Å². The van der Waals surface area contributed by atoms with Gasteiger partial charge >= 0.3 is 0 Å². The summed E-state index contributed by atoms with van der Waals surface area (Å²) in [4.78, 5) is 23.5. The van der Waals surface area contributed by atoms with Gasteiger partial charge in [0.05, 0.1) is 24.3 Å². The molecule has 4 aromatic rings. The number of carbonyl (C=O) groups excluding carboxylic acids is 2. The molecule has 4 aromatic carbocycles. The summed E-state index contributed by atoms with van der Waals surface area (Å²) in [5, 5.41) is 34.8. The van der Waals surface area contributed by atoms with Crippen LogP contribution in [0, 0.1) is 34.1 Å². The monoisotopic (exact) mass is 1450 g/mol. The second kappa shape index (κ2) is 39.8. The van der Waals surface area contributed by atoms with E-state index in [0.717, 1.165) is 80.0 Å². The number of alkyl halides is 1. The van der Waals surface area contributed by atoms with E-state index >= 15 is 0 Å². The number of hydrogen-bond acceptors (Lipinski definition) is 6. The molecule has 0 aliphatic heterocycles. The molecule has 0 unspecified atom stereocenters. The van der Waals surface area contributed by atoms with Gasteiger partial charge in [-0.1, -0.05) is 162 Å². The average Bonchev–Trinajstić information content (AvgIpc) is 3.54. The smallest absolute Gasteiger partial charge is 0.217 e. The molecule has 4 atom stereocenters. The third-order valence-electron chi connectivity index (χ3n) is 13.2. The van der Waals surface area contributed by atoms with Crippen LogP contribution in [0.15, 0.2) is 89.4 Å². The maximum absolute atomic E-state index is 13.7. The molecule has 6 N–H and O–H groups in total. The van der Waals surface area contributed by atoms with Crippen molar-refractivity contribution in [2.75, 3.05) is 57.5 Å². The maximum atomic E-state index is 13.7. The molecule has 2 amide bonds. The Hall–Kier alpha value is -1.89. The zero-order valence-corrected chi connectivity index (χ0v) is 58.0. The van der Waals surface area contributed by atoms with Crippen LogP contribution in [0.5, 0.6) is 0 Å². The molecular weight excluding hydrogens is 1350 g/mol. The first-order chi connectivity index (χ1) is 37.3. The normalized spacial score (nSPS) is 16.0. The van der Waals surface area contributed by atoms with Crippen molar-refractivity contribution in [3.8, 4) is 0 Å². The maximum Gasteiger partial charge on any atom is 0.217 e. The molecule has 0 heterocycles. The number of aliphatic hydroxyl groups excluding tert-OH is 2. The molecule has 0 radical (unpaired) electrons. The van der Waals surface area contributed by atoms with Crippen molar-refractivity contribution in [3.63, 3.8) is 0 Å². The van der Waals surface area contributed by atoms with E-state index in [1.54, 1.807) is 0 Å². The number of nitrogens with one attached hydrogen (secondary N) is 4. The van der Waals surface area contributed by atoms with Crippen molar-refractivity contribution in [1.29, 1.82) is 0 Å². The predicted octanol–water partition coefficient (Wildman–Crippen LogP) is 15.8. The van der Waals surface area contributed by atoms with E-state index < -0.39 is 47.6 Å². The van der Waals surface area contributed by atoms with Gasteiger partial charge in [-0.05, 0) is 160 Å². The van der Waals surface area contributed by atoms with Gasteiger partial charge in [0.25, 0.3) is 0 Å². The van der Waals surface area contributed by atoms with Crippen LogP contribution in [0.1, 0.15) is 155 Å².